The summed E-state index contributed by atoms with van der Waals surface area (Å²) in [5.74, 6) is 0.580. The Bertz CT molecular complexity index is 105. The number of nitrogens with zero attached hydrogens (tertiary/aromatic N) is 1. The van der Waals surface area contributed by atoms with Crippen LogP contribution in [-0.4, -0.2) is 24.2 Å². The van der Waals surface area contributed by atoms with Crippen LogP contribution in [0.4, 0.5) is 0 Å². The van der Waals surface area contributed by atoms with E-state index in [1.54, 1.807) is 0 Å². The molecule has 0 radical (unpaired) electrons. The Labute approximate surface area is 57.0 Å². The van der Waals surface area contributed by atoms with Gasteiger partial charge in [-0.2, -0.15) is 0 Å². The smallest absolute Gasteiger partial charge is 0.0720 e. The van der Waals surface area contributed by atoms with Gasteiger partial charge in [0.1, 0.15) is 0 Å². The van der Waals surface area contributed by atoms with E-state index in [0.717, 1.165) is 13.0 Å². The number of hydrogen-bond donors (Lipinski definition) is 1. The van der Waals surface area contributed by atoms with Crippen LogP contribution in [0.1, 0.15) is 20.3 Å². The van der Waals surface area contributed by atoms with Gasteiger partial charge in [0.2, 0.25) is 0 Å². The van der Waals surface area contributed by atoms with E-state index in [1.165, 1.54) is 0 Å². The fourth-order valence-electron chi connectivity index (χ4n) is 1.32. The SMILES string of the molecule is CC(C)C1(N)CCN1C. The molecule has 0 aromatic heterocycles. The molecule has 9 heavy (non-hydrogen) atoms. The highest BCUT2D eigenvalue weighted by molar-refractivity contribution is 4.94. The van der Waals surface area contributed by atoms with Crippen molar-refractivity contribution in [3.63, 3.8) is 0 Å². The van der Waals surface area contributed by atoms with Crippen molar-refractivity contribution in [3.05, 3.63) is 0 Å². The van der Waals surface area contributed by atoms with Gasteiger partial charge in [0.25, 0.3) is 0 Å². The van der Waals surface area contributed by atoms with Crippen LogP contribution in [0.25, 0.3) is 0 Å². The van der Waals surface area contributed by atoms with Crippen molar-refractivity contribution in [2.24, 2.45) is 11.7 Å². The quantitative estimate of drug-likeness (QED) is 0.561. The Morgan fingerprint density at radius 2 is 2.11 bits per heavy atom. The van der Waals surface area contributed by atoms with Crippen LogP contribution < -0.4 is 5.73 Å². The van der Waals surface area contributed by atoms with Gasteiger partial charge in [-0.1, -0.05) is 13.8 Å². The zero-order chi connectivity index (χ0) is 7.07. The lowest BCUT2D eigenvalue weighted by Gasteiger charge is -2.51. The molecule has 1 unspecified atom stereocenters. The minimum atomic E-state index is 0.0139. The summed E-state index contributed by atoms with van der Waals surface area (Å²) in [6, 6.07) is 0. The first-order valence-corrected chi connectivity index (χ1v) is 3.57. The normalized spacial score (nSPS) is 37.0. The van der Waals surface area contributed by atoms with Gasteiger partial charge in [-0.25, -0.2) is 0 Å². The van der Waals surface area contributed by atoms with E-state index in [9.17, 15) is 0 Å². The van der Waals surface area contributed by atoms with Crippen molar-refractivity contribution >= 4 is 0 Å². The molecule has 0 spiro atoms. The minimum Gasteiger partial charge on any atom is -0.313 e. The standard InChI is InChI=1S/C7H16N2/c1-6(2)7(8)4-5-9(7)3/h6H,4-5,8H2,1-3H3. The molecular formula is C7H16N2. The Morgan fingerprint density at radius 3 is 2.11 bits per heavy atom. The average Bonchev–Trinajstić information content (AvgIpc) is 1.82. The van der Waals surface area contributed by atoms with Gasteiger partial charge in [0.05, 0.1) is 5.66 Å². The topological polar surface area (TPSA) is 29.3 Å². The van der Waals surface area contributed by atoms with Crippen LogP contribution in [0.2, 0.25) is 0 Å². The van der Waals surface area contributed by atoms with Gasteiger partial charge in [-0.05, 0) is 19.4 Å². The number of likely N-dealkylation sites (tertiary alicyclic amines) is 1. The van der Waals surface area contributed by atoms with Crippen LogP contribution in [0.3, 0.4) is 0 Å². The number of hydrogen-bond acceptors (Lipinski definition) is 2. The van der Waals surface area contributed by atoms with Crippen LogP contribution in [0.15, 0.2) is 0 Å². The molecule has 0 bridgehead atoms. The van der Waals surface area contributed by atoms with Crippen molar-refractivity contribution in [1.82, 2.24) is 4.90 Å². The number of rotatable bonds is 1. The van der Waals surface area contributed by atoms with Crippen molar-refractivity contribution in [2.45, 2.75) is 25.9 Å². The van der Waals surface area contributed by atoms with Crippen LogP contribution in [0, 0.1) is 5.92 Å². The van der Waals surface area contributed by atoms with E-state index in [1.807, 2.05) is 0 Å². The maximum Gasteiger partial charge on any atom is 0.0720 e. The summed E-state index contributed by atoms with van der Waals surface area (Å²) in [5, 5.41) is 0. The van der Waals surface area contributed by atoms with E-state index >= 15 is 0 Å². The van der Waals surface area contributed by atoms with Crippen molar-refractivity contribution in [3.8, 4) is 0 Å². The molecule has 1 saturated heterocycles. The summed E-state index contributed by atoms with van der Waals surface area (Å²) in [6.45, 7) is 5.51. The lowest BCUT2D eigenvalue weighted by molar-refractivity contribution is -0.0226. The molecule has 0 aromatic rings. The minimum absolute atomic E-state index is 0.0139. The fourth-order valence-corrected chi connectivity index (χ4v) is 1.32. The number of nitrogens with two attached hydrogens (primary N) is 1. The predicted molar refractivity (Wildman–Crippen MR) is 39.0 cm³/mol. The summed E-state index contributed by atoms with van der Waals surface area (Å²) >= 11 is 0. The third-order valence-corrected chi connectivity index (χ3v) is 2.56. The van der Waals surface area contributed by atoms with Crippen LogP contribution in [0.5, 0.6) is 0 Å². The van der Waals surface area contributed by atoms with Crippen molar-refractivity contribution < 1.29 is 0 Å². The summed E-state index contributed by atoms with van der Waals surface area (Å²) in [5.41, 5.74) is 6.03. The largest absolute Gasteiger partial charge is 0.313 e. The summed E-state index contributed by atoms with van der Waals surface area (Å²) in [7, 11) is 2.09. The molecular weight excluding hydrogens is 112 g/mol. The highest BCUT2D eigenvalue weighted by Crippen LogP contribution is 2.29. The molecule has 1 rings (SSSR count). The molecule has 0 amide bonds. The lowest BCUT2D eigenvalue weighted by atomic mass is 9.85. The highest BCUT2D eigenvalue weighted by atomic mass is 15.3. The molecule has 0 aliphatic carbocycles. The fraction of sp³-hybridized carbons (Fsp3) is 1.00. The monoisotopic (exact) mass is 128 g/mol. The van der Waals surface area contributed by atoms with Crippen molar-refractivity contribution in [1.29, 1.82) is 0 Å². The van der Waals surface area contributed by atoms with Crippen LogP contribution >= 0.6 is 0 Å². The molecule has 2 nitrogen and oxygen atoms in total. The maximum absolute atomic E-state index is 6.02. The third kappa shape index (κ3) is 0.864. The first kappa shape index (κ1) is 7.03. The third-order valence-electron chi connectivity index (χ3n) is 2.56. The van der Waals surface area contributed by atoms with Gasteiger partial charge < -0.3 is 5.73 Å². The molecule has 1 heterocycles. The molecule has 1 aliphatic heterocycles. The zero-order valence-corrected chi connectivity index (χ0v) is 6.52. The molecule has 1 fully saturated rings. The van der Waals surface area contributed by atoms with E-state index in [0.29, 0.717) is 5.92 Å². The van der Waals surface area contributed by atoms with Gasteiger partial charge in [0.15, 0.2) is 0 Å². The summed E-state index contributed by atoms with van der Waals surface area (Å²) in [6.07, 6.45) is 1.15. The molecule has 2 N–H and O–H groups in total. The maximum atomic E-state index is 6.02. The molecule has 2 heteroatoms. The average molecular weight is 128 g/mol. The van der Waals surface area contributed by atoms with Gasteiger partial charge in [-0.3, -0.25) is 4.90 Å². The molecule has 54 valence electrons. The second kappa shape index (κ2) is 1.96. The van der Waals surface area contributed by atoms with Crippen molar-refractivity contribution in [2.75, 3.05) is 13.6 Å². The highest BCUT2D eigenvalue weighted by Gasteiger charge is 2.40. The molecule has 0 aromatic carbocycles. The Hall–Kier alpha value is -0.0800. The Kier molecular flexibility index (Phi) is 1.53. The van der Waals surface area contributed by atoms with Gasteiger partial charge in [-0.15, -0.1) is 0 Å². The zero-order valence-electron chi connectivity index (χ0n) is 6.52. The molecule has 1 aliphatic rings. The summed E-state index contributed by atoms with van der Waals surface area (Å²) in [4.78, 5) is 2.22. The summed E-state index contributed by atoms with van der Waals surface area (Å²) < 4.78 is 0. The second-order valence-electron chi connectivity index (χ2n) is 3.32. The van der Waals surface area contributed by atoms with Gasteiger partial charge >= 0.3 is 0 Å². The van der Waals surface area contributed by atoms with Gasteiger partial charge in [0, 0.05) is 6.54 Å². The van der Waals surface area contributed by atoms with E-state index in [2.05, 4.69) is 25.8 Å². The molecule has 1 atom stereocenters. The first-order chi connectivity index (χ1) is 4.07. The second-order valence-corrected chi connectivity index (χ2v) is 3.32. The van der Waals surface area contributed by atoms with E-state index in [4.69, 9.17) is 5.73 Å². The first-order valence-electron chi connectivity index (χ1n) is 3.57. The predicted octanol–water partition coefficient (Wildman–Crippen LogP) is 0.633. The lowest BCUT2D eigenvalue weighted by Crippen LogP contribution is -2.67. The Balaban J connectivity index is 2.53. The molecule has 0 saturated carbocycles. The Morgan fingerprint density at radius 1 is 1.56 bits per heavy atom. The van der Waals surface area contributed by atoms with E-state index in [-0.39, 0.29) is 5.66 Å². The van der Waals surface area contributed by atoms with E-state index < -0.39 is 0 Å². The van der Waals surface area contributed by atoms with Crippen LogP contribution in [-0.2, 0) is 0 Å².